The second kappa shape index (κ2) is 8.44. The van der Waals surface area contributed by atoms with Gasteiger partial charge in [0.05, 0.1) is 5.56 Å². The van der Waals surface area contributed by atoms with E-state index >= 15 is 0 Å². The van der Waals surface area contributed by atoms with Crippen LogP contribution in [0.5, 0.6) is 0 Å². The molecule has 1 aliphatic rings. The second-order valence-corrected chi connectivity index (χ2v) is 6.48. The van der Waals surface area contributed by atoms with Crippen molar-refractivity contribution in [1.82, 2.24) is 9.88 Å². The summed E-state index contributed by atoms with van der Waals surface area (Å²) < 4.78 is 0. The Kier molecular flexibility index (Phi) is 5.80. The van der Waals surface area contributed by atoms with Crippen LogP contribution in [0.1, 0.15) is 45.7 Å². The summed E-state index contributed by atoms with van der Waals surface area (Å²) in [5.41, 5.74) is 1.81. The van der Waals surface area contributed by atoms with Gasteiger partial charge in [0.25, 0.3) is 5.91 Å². The summed E-state index contributed by atoms with van der Waals surface area (Å²) in [6.45, 7) is 1.73. The van der Waals surface area contributed by atoms with Crippen LogP contribution in [0, 0.1) is 0 Å². The monoisotopic (exact) mass is 367 g/mol. The van der Waals surface area contributed by atoms with Gasteiger partial charge in [-0.3, -0.25) is 14.6 Å². The molecule has 0 radical (unpaired) electrons. The standard InChI is InChI=1S/C20H21N3O4/c24-18(23-11-1-2-12-23)10-5-14-3-7-16(8-4-14)22-19(25)17-9-6-15(13-21-17)20(26)27/h3-4,6-9,13H,1-2,5,10-12H2,(H,22,25)(H,26,27). The zero-order chi connectivity index (χ0) is 19.2. The summed E-state index contributed by atoms with van der Waals surface area (Å²) >= 11 is 0. The van der Waals surface area contributed by atoms with Crippen LogP contribution in [-0.2, 0) is 11.2 Å². The largest absolute Gasteiger partial charge is 0.478 e. The van der Waals surface area contributed by atoms with Crippen molar-refractivity contribution in [1.29, 1.82) is 0 Å². The highest BCUT2D eigenvalue weighted by Gasteiger charge is 2.17. The number of aromatic carboxylic acids is 1. The molecule has 2 amide bonds. The van der Waals surface area contributed by atoms with E-state index in [2.05, 4.69) is 10.3 Å². The normalized spacial score (nSPS) is 13.4. The van der Waals surface area contributed by atoms with Gasteiger partial charge in [-0.15, -0.1) is 0 Å². The molecule has 0 aliphatic carbocycles. The molecule has 7 nitrogen and oxygen atoms in total. The number of anilines is 1. The molecule has 140 valence electrons. The molecule has 27 heavy (non-hydrogen) atoms. The molecule has 2 aromatic rings. The molecule has 1 saturated heterocycles. The minimum atomic E-state index is -1.09. The molecular weight excluding hydrogens is 346 g/mol. The van der Waals surface area contributed by atoms with Crippen molar-refractivity contribution in [3.8, 4) is 0 Å². The van der Waals surface area contributed by atoms with Gasteiger partial charge >= 0.3 is 5.97 Å². The average Bonchev–Trinajstić information content (AvgIpc) is 3.22. The highest BCUT2D eigenvalue weighted by Crippen LogP contribution is 2.14. The van der Waals surface area contributed by atoms with Crippen molar-refractivity contribution < 1.29 is 19.5 Å². The Labute approximate surface area is 157 Å². The number of carboxylic acids is 1. The Morgan fingerprint density at radius 2 is 1.74 bits per heavy atom. The number of carbonyl (C=O) groups excluding carboxylic acids is 2. The quantitative estimate of drug-likeness (QED) is 0.817. The minimum Gasteiger partial charge on any atom is -0.478 e. The van der Waals surface area contributed by atoms with Gasteiger partial charge in [-0.25, -0.2) is 4.79 Å². The first kappa shape index (κ1) is 18.6. The fraction of sp³-hybridized carbons (Fsp3) is 0.300. The number of pyridine rings is 1. The lowest BCUT2D eigenvalue weighted by molar-refractivity contribution is -0.130. The van der Waals surface area contributed by atoms with Gasteiger partial charge in [0, 0.05) is 31.4 Å². The summed E-state index contributed by atoms with van der Waals surface area (Å²) in [4.78, 5) is 40.8. The molecule has 1 aliphatic heterocycles. The fourth-order valence-electron chi connectivity index (χ4n) is 2.98. The number of benzene rings is 1. The molecule has 1 aromatic carbocycles. The first-order valence-electron chi connectivity index (χ1n) is 8.90. The van der Waals surface area contributed by atoms with Crippen molar-refractivity contribution in [3.05, 3.63) is 59.4 Å². The summed E-state index contributed by atoms with van der Waals surface area (Å²) in [6.07, 6.45) is 4.49. The van der Waals surface area contributed by atoms with Gasteiger partial charge in [-0.1, -0.05) is 12.1 Å². The molecular formula is C20H21N3O4. The zero-order valence-corrected chi connectivity index (χ0v) is 14.9. The van der Waals surface area contributed by atoms with Gasteiger partial charge < -0.3 is 15.3 Å². The highest BCUT2D eigenvalue weighted by molar-refractivity contribution is 6.03. The topological polar surface area (TPSA) is 99.6 Å². The van der Waals surface area contributed by atoms with E-state index in [1.54, 1.807) is 12.1 Å². The number of nitrogens with one attached hydrogen (secondary N) is 1. The molecule has 2 heterocycles. The first-order valence-corrected chi connectivity index (χ1v) is 8.90. The number of amides is 2. The number of rotatable bonds is 6. The molecule has 2 N–H and O–H groups in total. The van der Waals surface area contributed by atoms with Crippen LogP contribution in [0.4, 0.5) is 5.69 Å². The molecule has 0 saturated carbocycles. The summed E-state index contributed by atoms with van der Waals surface area (Å²) in [5, 5.41) is 11.6. The molecule has 0 bridgehead atoms. The zero-order valence-electron chi connectivity index (χ0n) is 14.9. The summed E-state index contributed by atoms with van der Waals surface area (Å²) in [7, 11) is 0. The molecule has 1 aromatic heterocycles. The lowest BCUT2D eigenvalue weighted by atomic mass is 10.1. The van der Waals surface area contributed by atoms with E-state index in [0.29, 0.717) is 18.5 Å². The van der Waals surface area contributed by atoms with Crippen LogP contribution >= 0.6 is 0 Å². The third-order valence-corrected chi connectivity index (χ3v) is 4.54. The molecule has 7 heteroatoms. The number of carboxylic acid groups (broad SMARTS) is 1. The number of aryl methyl sites for hydroxylation is 1. The van der Waals surface area contributed by atoms with Crippen molar-refractivity contribution in [2.24, 2.45) is 0 Å². The third-order valence-electron chi connectivity index (χ3n) is 4.54. The van der Waals surface area contributed by atoms with Crippen molar-refractivity contribution >= 4 is 23.5 Å². The number of carbonyl (C=O) groups is 3. The van der Waals surface area contributed by atoms with E-state index < -0.39 is 11.9 Å². The Morgan fingerprint density at radius 3 is 2.33 bits per heavy atom. The number of hydrogen-bond donors (Lipinski definition) is 2. The predicted octanol–water partition coefficient (Wildman–Crippen LogP) is 2.59. The predicted molar refractivity (Wildman–Crippen MR) is 99.7 cm³/mol. The second-order valence-electron chi connectivity index (χ2n) is 6.48. The van der Waals surface area contributed by atoms with E-state index in [4.69, 9.17) is 5.11 Å². The average molecular weight is 367 g/mol. The van der Waals surface area contributed by atoms with E-state index in [9.17, 15) is 14.4 Å². The Balaban J connectivity index is 1.53. The maximum Gasteiger partial charge on any atom is 0.337 e. The molecule has 1 fully saturated rings. The van der Waals surface area contributed by atoms with Gasteiger partial charge in [0.1, 0.15) is 5.69 Å². The van der Waals surface area contributed by atoms with Crippen molar-refractivity contribution in [2.75, 3.05) is 18.4 Å². The number of nitrogens with zero attached hydrogens (tertiary/aromatic N) is 2. The maximum absolute atomic E-state index is 12.2. The van der Waals surface area contributed by atoms with E-state index in [0.717, 1.165) is 37.7 Å². The Morgan fingerprint density at radius 1 is 1.04 bits per heavy atom. The van der Waals surface area contributed by atoms with Crippen LogP contribution in [-0.4, -0.2) is 45.9 Å². The van der Waals surface area contributed by atoms with Crippen molar-refractivity contribution in [2.45, 2.75) is 25.7 Å². The lowest BCUT2D eigenvalue weighted by Gasteiger charge is -2.15. The van der Waals surface area contributed by atoms with E-state index in [1.165, 1.54) is 12.1 Å². The molecule has 0 spiro atoms. The first-order chi connectivity index (χ1) is 13.0. The lowest BCUT2D eigenvalue weighted by Crippen LogP contribution is -2.27. The summed E-state index contributed by atoms with van der Waals surface area (Å²) in [6, 6.07) is 10.0. The molecule has 3 rings (SSSR count). The van der Waals surface area contributed by atoms with Gasteiger partial charge in [-0.05, 0) is 49.1 Å². The molecule has 0 atom stereocenters. The molecule has 0 unspecified atom stereocenters. The maximum atomic E-state index is 12.2. The van der Waals surface area contributed by atoms with Crippen LogP contribution in [0.2, 0.25) is 0 Å². The number of aromatic nitrogens is 1. The fourth-order valence-corrected chi connectivity index (χ4v) is 2.98. The third kappa shape index (κ3) is 4.91. The minimum absolute atomic E-state index is 0.0272. The van der Waals surface area contributed by atoms with Gasteiger partial charge in [0.2, 0.25) is 5.91 Å². The number of likely N-dealkylation sites (tertiary alicyclic amines) is 1. The van der Waals surface area contributed by atoms with Crippen molar-refractivity contribution in [3.63, 3.8) is 0 Å². The Bertz CT molecular complexity index is 825. The van der Waals surface area contributed by atoms with Gasteiger partial charge in [0.15, 0.2) is 0 Å². The van der Waals surface area contributed by atoms with Crippen LogP contribution in [0.25, 0.3) is 0 Å². The Hall–Kier alpha value is -3.22. The van der Waals surface area contributed by atoms with Gasteiger partial charge in [-0.2, -0.15) is 0 Å². The van der Waals surface area contributed by atoms with Crippen LogP contribution in [0.3, 0.4) is 0 Å². The van der Waals surface area contributed by atoms with E-state index in [-0.39, 0.29) is 17.2 Å². The summed E-state index contributed by atoms with van der Waals surface area (Å²) in [5.74, 6) is -1.31. The van der Waals surface area contributed by atoms with Crippen LogP contribution < -0.4 is 5.32 Å². The van der Waals surface area contributed by atoms with Crippen LogP contribution in [0.15, 0.2) is 42.6 Å². The highest BCUT2D eigenvalue weighted by atomic mass is 16.4. The smallest absolute Gasteiger partial charge is 0.337 e. The SMILES string of the molecule is O=C(O)c1ccc(C(=O)Nc2ccc(CCC(=O)N3CCCC3)cc2)nc1. The number of hydrogen-bond acceptors (Lipinski definition) is 4. The van der Waals surface area contributed by atoms with E-state index in [1.807, 2.05) is 17.0 Å².